The van der Waals surface area contributed by atoms with Crippen molar-refractivity contribution in [2.24, 2.45) is 0 Å². The van der Waals surface area contributed by atoms with Crippen LogP contribution in [0.5, 0.6) is 0 Å². The zero-order valence-electron chi connectivity index (χ0n) is 8.40. The second-order valence-corrected chi connectivity index (χ2v) is 3.11. The highest BCUT2D eigenvalue weighted by molar-refractivity contribution is 5.84. The summed E-state index contributed by atoms with van der Waals surface area (Å²) in [7, 11) is 0. The molecule has 0 aliphatic heterocycles. The van der Waals surface area contributed by atoms with Crippen LogP contribution in [0, 0.1) is 0 Å². The molecule has 0 atom stereocenters. The van der Waals surface area contributed by atoms with Crippen LogP contribution in [0.3, 0.4) is 0 Å². The standard InChI is InChI=1S/C11H11NO3/c1-2-14-11(13)5-8-7-15-10-3-4-12-6-9(8)10/h3-4,6-7H,2,5H2,1H3. The largest absolute Gasteiger partial charge is 0.466 e. The molecule has 0 saturated carbocycles. The minimum atomic E-state index is -0.246. The lowest BCUT2D eigenvalue weighted by Gasteiger charge is -1.99. The van der Waals surface area contributed by atoms with Crippen molar-refractivity contribution >= 4 is 16.9 Å². The number of furan rings is 1. The molecule has 2 heterocycles. The van der Waals surface area contributed by atoms with Gasteiger partial charge < -0.3 is 9.15 Å². The first-order valence-electron chi connectivity index (χ1n) is 4.77. The topological polar surface area (TPSA) is 52.3 Å². The number of ether oxygens (including phenoxy) is 1. The van der Waals surface area contributed by atoms with E-state index in [-0.39, 0.29) is 12.4 Å². The highest BCUT2D eigenvalue weighted by atomic mass is 16.5. The summed E-state index contributed by atoms with van der Waals surface area (Å²) in [6.07, 6.45) is 5.14. The summed E-state index contributed by atoms with van der Waals surface area (Å²) < 4.78 is 10.1. The average molecular weight is 205 g/mol. The molecular formula is C11H11NO3. The van der Waals surface area contributed by atoms with E-state index in [1.54, 1.807) is 31.6 Å². The first-order valence-corrected chi connectivity index (χ1v) is 4.77. The molecule has 0 aliphatic carbocycles. The van der Waals surface area contributed by atoms with Gasteiger partial charge in [0.1, 0.15) is 5.58 Å². The Labute approximate surface area is 86.9 Å². The summed E-state index contributed by atoms with van der Waals surface area (Å²) in [4.78, 5) is 15.3. The molecule has 2 rings (SSSR count). The second kappa shape index (κ2) is 4.13. The number of carbonyl (C=O) groups is 1. The first-order chi connectivity index (χ1) is 7.31. The van der Waals surface area contributed by atoms with E-state index in [9.17, 15) is 4.79 Å². The fourth-order valence-electron chi connectivity index (χ4n) is 1.43. The molecule has 0 aliphatic rings. The molecule has 15 heavy (non-hydrogen) atoms. The zero-order chi connectivity index (χ0) is 10.7. The Bertz CT molecular complexity index is 475. The molecule has 0 saturated heterocycles. The number of hydrogen-bond donors (Lipinski definition) is 0. The first kappa shape index (κ1) is 9.71. The number of rotatable bonds is 3. The van der Waals surface area contributed by atoms with Crippen molar-refractivity contribution in [2.45, 2.75) is 13.3 Å². The van der Waals surface area contributed by atoms with Gasteiger partial charge in [0.05, 0.1) is 19.3 Å². The maximum Gasteiger partial charge on any atom is 0.310 e. The van der Waals surface area contributed by atoms with Gasteiger partial charge in [-0.25, -0.2) is 0 Å². The number of nitrogens with zero attached hydrogens (tertiary/aromatic N) is 1. The van der Waals surface area contributed by atoms with Crippen LogP contribution in [0.15, 0.2) is 29.1 Å². The Morgan fingerprint density at radius 3 is 3.27 bits per heavy atom. The van der Waals surface area contributed by atoms with E-state index in [1.165, 1.54) is 0 Å². The molecule has 0 amide bonds. The van der Waals surface area contributed by atoms with E-state index in [0.29, 0.717) is 6.61 Å². The molecule has 0 radical (unpaired) electrons. The fourth-order valence-corrected chi connectivity index (χ4v) is 1.43. The Morgan fingerprint density at radius 1 is 1.60 bits per heavy atom. The van der Waals surface area contributed by atoms with E-state index >= 15 is 0 Å². The third kappa shape index (κ3) is 1.98. The van der Waals surface area contributed by atoms with Crippen molar-refractivity contribution < 1.29 is 13.9 Å². The van der Waals surface area contributed by atoms with Gasteiger partial charge in [-0.15, -0.1) is 0 Å². The van der Waals surface area contributed by atoms with E-state index in [4.69, 9.17) is 9.15 Å². The molecule has 78 valence electrons. The maximum atomic E-state index is 11.3. The van der Waals surface area contributed by atoms with Gasteiger partial charge in [-0.3, -0.25) is 9.78 Å². The number of carbonyl (C=O) groups excluding carboxylic acids is 1. The monoisotopic (exact) mass is 205 g/mol. The van der Waals surface area contributed by atoms with Crippen molar-refractivity contribution in [1.29, 1.82) is 0 Å². The number of pyridine rings is 1. The Hall–Kier alpha value is -1.84. The highest BCUT2D eigenvalue weighted by Gasteiger charge is 2.10. The van der Waals surface area contributed by atoms with Crippen LogP contribution >= 0.6 is 0 Å². The van der Waals surface area contributed by atoms with Gasteiger partial charge in [0.25, 0.3) is 0 Å². The van der Waals surface area contributed by atoms with Crippen LogP contribution in [-0.4, -0.2) is 17.6 Å². The van der Waals surface area contributed by atoms with Gasteiger partial charge in [0.2, 0.25) is 0 Å². The van der Waals surface area contributed by atoms with E-state index < -0.39 is 0 Å². The van der Waals surface area contributed by atoms with E-state index in [1.807, 2.05) is 0 Å². The molecule has 4 nitrogen and oxygen atoms in total. The summed E-state index contributed by atoms with van der Waals surface area (Å²) in [6, 6.07) is 1.77. The smallest absolute Gasteiger partial charge is 0.310 e. The molecule has 0 aromatic carbocycles. The van der Waals surface area contributed by atoms with Crippen molar-refractivity contribution in [1.82, 2.24) is 4.98 Å². The van der Waals surface area contributed by atoms with Crippen molar-refractivity contribution in [2.75, 3.05) is 6.61 Å². The summed E-state index contributed by atoms with van der Waals surface area (Å²) >= 11 is 0. The van der Waals surface area contributed by atoms with Crippen molar-refractivity contribution in [3.05, 3.63) is 30.3 Å². The molecule has 2 aromatic heterocycles. The molecule has 0 unspecified atom stereocenters. The molecule has 0 bridgehead atoms. The second-order valence-electron chi connectivity index (χ2n) is 3.11. The Kier molecular flexibility index (Phi) is 2.67. The van der Waals surface area contributed by atoms with Gasteiger partial charge in [0, 0.05) is 23.3 Å². The molecule has 2 aromatic rings. The third-order valence-corrected chi connectivity index (χ3v) is 2.10. The minimum Gasteiger partial charge on any atom is -0.466 e. The quantitative estimate of drug-likeness (QED) is 0.718. The molecular weight excluding hydrogens is 194 g/mol. The van der Waals surface area contributed by atoms with Gasteiger partial charge in [0.15, 0.2) is 0 Å². The Morgan fingerprint density at radius 2 is 2.47 bits per heavy atom. The van der Waals surface area contributed by atoms with Crippen LogP contribution in [0.4, 0.5) is 0 Å². The SMILES string of the molecule is CCOC(=O)Cc1coc2ccncc12. The van der Waals surface area contributed by atoms with Gasteiger partial charge >= 0.3 is 5.97 Å². The Balaban J connectivity index is 2.25. The third-order valence-electron chi connectivity index (χ3n) is 2.10. The number of hydrogen-bond acceptors (Lipinski definition) is 4. The highest BCUT2D eigenvalue weighted by Crippen LogP contribution is 2.20. The predicted molar refractivity (Wildman–Crippen MR) is 54.3 cm³/mol. The van der Waals surface area contributed by atoms with Crippen LogP contribution < -0.4 is 0 Å². The lowest BCUT2D eigenvalue weighted by Crippen LogP contribution is -2.06. The summed E-state index contributed by atoms with van der Waals surface area (Å²) in [6.45, 7) is 2.18. The molecule has 0 N–H and O–H groups in total. The van der Waals surface area contributed by atoms with E-state index in [2.05, 4.69) is 4.98 Å². The minimum absolute atomic E-state index is 0.229. The normalized spacial score (nSPS) is 10.5. The fraction of sp³-hybridized carbons (Fsp3) is 0.273. The van der Waals surface area contributed by atoms with E-state index in [0.717, 1.165) is 16.5 Å². The van der Waals surface area contributed by atoms with Crippen LogP contribution in [0.2, 0.25) is 0 Å². The van der Waals surface area contributed by atoms with Gasteiger partial charge in [-0.05, 0) is 13.0 Å². The van der Waals surface area contributed by atoms with Crippen LogP contribution in [0.25, 0.3) is 11.0 Å². The van der Waals surface area contributed by atoms with Crippen LogP contribution in [0.1, 0.15) is 12.5 Å². The number of esters is 1. The summed E-state index contributed by atoms with van der Waals surface area (Å²) in [5, 5.41) is 0.866. The maximum absolute atomic E-state index is 11.3. The van der Waals surface area contributed by atoms with Gasteiger partial charge in [-0.1, -0.05) is 0 Å². The van der Waals surface area contributed by atoms with Gasteiger partial charge in [-0.2, -0.15) is 0 Å². The van der Waals surface area contributed by atoms with Crippen molar-refractivity contribution in [3.63, 3.8) is 0 Å². The zero-order valence-corrected chi connectivity index (χ0v) is 8.40. The lowest BCUT2D eigenvalue weighted by atomic mass is 10.1. The summed E-state index contributed by atoms with van der Waals surface area (Å²) in [5.74, 6) is -0.246. The predicted octanol–water partition coefficient (Wildman–Crippen LogP) is 1.93. The summed E-state index contributed by atoms with van der Waals surface area (Å²) in [5.41, 5.74) is 1.56. The number of aromatic nitrogens is 1. The van der Waals surface area contributed by atoms with Crippen LogP contribution in [-0.2, 0) is 16.0 Å². The number of fused-ring (bicyclic) bond motifs is 1. The molecule has 4 heteroatoms. The van der Waals surface area contributed by atoms with Crippen molar-refractivity contribution in [3.8, 4) is 0 Å². The molecule has 0 spiro atoms. The lowest BCUT2D eigenvalue weighted by molar-refractivity contribution is -0.142. The molecule has 0 fully saturated rings. The average Bonchev–Trinajstić information content (AvgIpc) is 2.62.